The lowest BCUT2D eigenvalue weighted by Gasteiger charge is -2.25. The molecule has 2 fully saturated rings. The molecule has 2 aliphatic rings. The van der Waals surface area contributed by atoms with Gasteiger partial charge >= 0.3 is 0 Å². The van der Waals surface area contributed by atoms with Gasteiger partial charge in [0, 0.05) is 13.1 Å². The van der Waals surface area contributed by atoms with Crippen LogP contribution in [0, 0.1) is 0 Å². The number of carbonyl (C=O) groups is 2. The molecule has 0 aromatic heterocycles. The summed E-state index contributed by atoms with van der Waals surface area (Å²) in [6.45, 7) is -0.201. The molecule has 3 rings (SSSR count). The van der Waals surface area contributed by atoms with Crippen LogP contribution in [-0.4, -0.2) is 72.6 Å². The number of carbonyl (C=O) groups excluding carboxylic acids is 2. The average molecular weight is 441 g/mol. The van der Waals surface area contributed by atoms with E-state index in [0.717, 1.165) is 17.3 Å². The third-order valence-electron chi connectivity index (χ3n) is 4.71. The Morgan fingerprint density at radius 2 is 2.21 bits per heavy atom. The smallest absolute Gasteiger partial charge is 0.266 e. The Kier molecular flexibility index (Phi) is 6.11. The van der Waals surface area contributed by atoms with Gasteiger partial charge in [0.05, 0.1) is 23.5 Å². The van der Waals surface area contributed by atoms with E-state index in [9.17, 15) is 18.0 Å². The molecule has 0 N–H and O–H groups in total. The van der Waals surface area contributed by atoms with Crippen LogP contribution >= 0.6 is 24.0 Å². The maximum atomic E-state index is 12.7. The number of thioether (sulfide) groups is 1. The molecule has 0 saturated carbocycles. The van der Waals surface area contributed by atoms with Gasteiger partial charge in [-0.2, -0.15) is 0 Å². The van der Waals surface area contributed by atoms with Gasteiger partial charge in [-0.1, -0.05) is 36.1 Å². The van der Waals surface area contributed by atoms with Gasteiger partial charge in [-0.25, -0.2) is 8.42 Å². The van der Waals surface area contributed by atoms with Crippen LogP contribution in [0.1, 0.15) is 12.0 Å². The molecule has 1 aromatic carbocycles. The fourth-order valence-corrected chi connectivity index (χ4v) is 6.08. The number of likely N-dealkylation sites (N-methyl/N-ethyl adjacent to an activating group) is 1. The first-order valence-corrected chi connectivity index (χ1v) is 11.6. The van der Waals surface area contributed by atoms with E-state index >= 15 is 0 Å². The summed E-state index contributed by atoms with van der Waals surface area (Å²) in [5.41, 5.74) is 0.791. The van der Waals surface area contributed by atoms with Crippen LogP contribution < -0.4 is 4.74 Å². The van der Waals surface area contributed by atoms with Crippen LogP contribution in [0.2, 0.25) is 0 Å². The van der Waals surface area contributed by atoms with Crippen LogP contribution in [0.5, 0.6) is 5.75 Å². The lowest BCUT2D eigenvalue weighted by molar-refractivity contribution is -0.135. The molecular weight excluding hydrogens is 420 g/mol. The molecule has 10 heteroatoms. The van der Waals surface area contributed by atoms with Crippen LogP contribution in [0.25, 0.3) is 6.08 Å². The summed E-state index contributed by atoms with van der Waals surface area (Å²) in [6.07, 6.45) is 2.12. The highest BCUT2D eigenvalue weighted by molar-refractivity contribution is 8.26. The molecule has 28 heavy (non-hydrogen) atoms. The second-order valence-corrected chi connectivity index (χ2v) is 10.5. The zero-order chi connectivity index (χ0) is 20.5. The fraction of sp³-hybridized carbons (Fsp3) is 0.389. The summed E-state index contributed by atoms with van der Waals surface area (Å²) < 4.78 is 28.8. The summed E-state index contributed by atoms with van der Waals surface area (Å²) in [4.78, 5) is 28.4. The van der Waals surface area contributed by atoms with Gasteiger partial charge in [-0.05, 0) is 30.2 Å². The van der Waals surface area contributed by atoms with Crippen molar-refractivity contribution in [2.24, 2.45) is 0 Å². The highest BCUT2D eigenvalue weighted by Crippen LogP contribution is 2.33. The molecule has 0 spiro atoms. The summed E-state index contributed by atoms with van der Waals surface area (Å²) in [5.74, 6) is 0.0513. The van der Waals surface area contributed by atoms with Crippen LogP contribution in [0.4, 0.5) is 0 Å². The van der Waals surface area contributed by atoms with E-state index in [1.54, 1.807) is 32.4 Å². The third-order valence-corrected chi connectivity index (χ3v) is 7.84. The molecule has 2 aliphatic heterocycles. The maximum absolute atomic E-state index is 12.7. The minimum absolute atomic E-state index is 0.0383. The van der Waals surface area contributed by atoms with Crippen molar-refractivity contribution in [2.75, 3.05) is 32.2 Å². The van der Waals surface area contributed by atoms with Crippen molar-refractivity contribution in [3.8, 4) is 5.75 Å². The molecule has 1 atom stereocenters. The summed E-state index contributed by atoms with van der Waals surface area (Å²) in [6, 6.07) is 6.91. The standard InChI is InChI=1S/C18H20N2O5S3/c1-19(13-6-7-28(23,24)11-13)16(21)10-20-17(22)15(27-18(20)26)9-12-4-3-5-14(8-12)25-2/h3-5,8-9,13H,6-7,10-11H2,1-2H3/b15-9-/t13-/m0/s1. The van der Waals surface area contributed by atoms with Gasteiger partial charge < -0.3 is 9.64 Å². The van der Waals surface area contributed by atoms with E-state index in [1.807, 2.05) is 12.1 Å². The molecule has 2 amide bonds. The van der Waals surface area contributed by atoms with E-state index in [-0.39, 0.29) is 35.9 Å². The number of sulfone groups is 1. The van der Waals surface area contributed by atoms with Crippen molar-refractivity contribution in [3.05, 3.63) is 34.7 Å². The largest absolute Gasteiger partial charge is 0.497 e. The van der Waals surface area contributed by atoms with Gasteiger partial charge in [-0.15, -0.1) is 0 Å². The van der Waals surface area contributed by atoms with Crippen LogP contribution in [0.3, 0.4) is 0 Å². The SMILES string of the molecule is COc1cccc(/C=C2\SC(=S)N(CC(=O)N(C)[C@H]3CCS(=O)(=O)C3)C2=O)c1. The van der Waals surface area contributed by atoms with E-state index in [2.05, 4.69) is 0 Å². The first-order valence-electron chi connectivity index (χ1n) is 8.55. The van der Waals surface area contributed by atoms with Crippen molar-refractivity contribution in [2.45, 2.75) is 12.5 Å². The van der Waals surface area contributed by atoms with Gasteiger partial charge in [0.25, 0.3) is 5.91 Å². The molecule has 0 radical (unpaired) electrons. The maximum Gasteiger partial charge on any atom is 0.266 e. The topological polar surface area (TPSA) is 84.0 Å². The predicted molar refractivity (Wildman–Crippen MR) is 113 cm³/mol. The number of hydrogen-bond donors (Lipinski definition) is 0. The normalized spacial score (nSPS) is 22.7. The Morgan fingerprint density at radius 1 is 1.46 bits per heavy atom. The first-order chi connectivity index (χ1) is 13.2. The number of thiocarbonyl (C=S) groups is 1. The Morgan fingerprint density at radius 3 is 2.86 bits per heavy atom. The molecule has 2 saturated heterocycles. The van der Waals surface area contributed by atoms with Gasteiger partial charge in [0.2, 0.25) is 5.91 Å². The highest BCUT2D eigenvalue weighted by Gasteiger charge is 2.37. The van der Waals surface area contributed by atoms with Crippen molar-refractivity contribution >= 4 is 56.0 Å². The Hall–Kier alpha value is -1.91. The van der Waals surface area contributed by atoms with Crippen molar-refractivity contribution in [1.29, 1.82) is 0 Å². The molecule has 2 heterocycles. The summed E-state index contributed by atoms with van der Waals surface area (Å²) >= 11 is 6.41. The van der Waals surface area contributed by atoms with Crippen LogP contribution in [-0.2, 0) is 19.4 Å². The fourth-order valence-electron chi connectivity index (χ4n) is 3.05. The lowest BCUT2D eigenvalue weighted by atomic mass is 10.2. The van der Waals surface area contributed by atoms with E-state index in [1.165, 1.54) is 9.80 Å². The molecule has 0 aliphatic carbocycles. The Balaban J connectivity index is 1.69. The summed E-state index contributed by atoms with van der Waals surface area (Å²) in [5, 5.41) is 0. The van der Waals surface area contributed by atoms with Gasteiger partial charge in [0.15, 0.2) is 9.84 Å². The number of ether oxygens (including phenoxy) is 1. The number of hydrogen-bond acceptors (Lipinski definition) is 7. The number of benzene rings is 1. The minimum atomic E-state index is -3.10. The Labute approximate surface area is 173 Å². The third kappa shape index (κ3) is 4.56. The quantitative estimate of drug-likeness (QED) is 0.507. The van der Waals surface area contributed by atoms with Crippen LogP contribution in [0.15, 0.2) is 29.2 Å². The minimum Gasteiger partial charge on any atom is -0.497 e. The average Bonchev–Trinajstić information content (AvgIpc) is 3.15. The highest BCUT2D eigenvalue weighted by atomic mass is 32.2. The van der Waals surface area contributed by atoms with E-state index in [0.29, 0.717) is 21.4 Å². The number of rotatable bonds is 5. The van der Waals surface area contributed by atoms with Gasteiger partial charge in [0.1, 0.15) is 16.6 Å². The lowest BCUT2D eigenvalue weighted by Crippen LogP contribution is -2.45. The number of nitrogens with zero attached hydrogens (tertiary/aromatic N) is 2. The zero-order valence-corrected chi connectivity index (χ0v) is 17.9. The van der Waals surface area contributed by atoms with Crippen molar-refractivity contribution in [1.82, 2.24) is 9.80 Å². The molecule has 0 unspecified atom stereocenters. The Bertz CT molecular complexity index is 958. The van der Waals surface area contributed by atoms with Crippen molar-refractivity contribution < 1.29 is 22.7 Å². The van der Waals surface area contributed by atoms with E-state index in [4.69, 9.17) is 17.0 Å². The second kappa shape index (κ2) is 8.22. The molecule has 0 bridgehead atoms. The summed E-state index contributed by atoms with van der Waals surface area (Å²) in [7, 11) is 0.0372. The zero-order valence-electron chi connectivity index (χ0n) is 15.5. The predicted octanol–water partition coefficient (Wildman–Crippen LogP) is 1.54. The first kappa shape index (κ1) is 20.8. The second-order valence-electron chi connectivity index (χ2n) is 6.61. The van der Waals surface area contributed by atoms with Gasteiger partial charge in [-0.3, -0.25) is 14.5 Å². The number of methoxy groups -OCH3 is 1. The van der Waals surface area contributed by atoms with Crippen molar-refractivity contribution in [3.63, 3.8) is 0 Å². The molecule has 1 aromatic rings. The monoisotopic (exact) mass is 440 g/mol. The molecule has 150 valence electrons. The molecule has 7 nitrogen and oxygen atoms in total. The molecular formula is C18H20N2O5S3. The number of amides is 2. The van der Waals surface area contributed by atoms with E-state index < -0.39 is 9.84 Å².